The van der Waals surface area contributed by atoms with Crippen LogP contribution in [0.3, 0.4) is 0 Å². The highest BCUT2D eigenvalue weighted by Crippen LogP contribution is 2.11. The molecule has 0 saturated carbocycles. The van der Waals surface area contributed by atoms with Crippen LogP contribution in [0, 0.1) is 11.8 Å². The lowest BCUT2D eigenvalue weighted by Crippen LogP contribution is -2.62. The summed E-state index contributed by atoms with van der Waals surface area (Å²) in [7, 11) is 0. The van der Waals surface area contributed by atoms with E-state index in [1.165, 1.54) is 20.8 Å². The molecule has 1 heterocycles. The Morgan fingerprint density at radius 2 is 0.950 bits per heavy atom. The minimum absolute atomic E-state index is 0.0223. The lowest BCUT2D eigenvalue weighted by atomic mass is 10.0. The molecule has 0 spiro atoms. The third-order valence-corrected chi connectivity index (χ3v) is 12.8. The van der Waals surface area contributed by atoms with Crippen molar-refractivity contribution in [3.63, 3.8) is 0 Å². The molecule has 0 radical (unpaired) electrons. The molecule has 30 heteroatoms. The highest BCUT2D eigenvalue weighted by atomic mass is 16.3. The summed E-state index contributed by atoms with van der Waals surface area (Å²) in [6.07, 6.45) is -3.83. The first-order valence-corrected chi connectivity index (χ1v) is 27.5. The van der Waals surface area contributed by atoms with Gasteiger partial charge in [-0.15, -0.1) is 0 Å². The van der Waals surface area contributed by atoms with Gasteiger partial charge in [0.1, 0.15) is 60.4 Å². The molecule has 80 heavy (non-hydrogen) atoms. The van der Waals surface area contributed by atoms with E-state index in [-0.39, 0.29) is 83.6 Å². The highest BCUT2D eigenvalue weighted by Gasteiger charge is 2.38. The highest BCUT2D eigenvalue weighted by molar-refractivity contribution is 5.99. The molecule has 0 bridgehead atoms. The molecular weight excluding hydrogens is 1050 g/mol. The average Bonchev–Trinajstić information content (AvgIpc) is 3.37. The van der Waals surface area contributed by atoms with Crippen LogP contribution in [-0.4, -0.2) is 198 Å². The van der Waals surface area contributed by atoms with Crippen LogP contribution in [0.15, 0.2) is 0 Å². The summed E-state index contributed by atoms with van der Waals surface area (Å²) in [5.74, 6) is -10.2. The van der Waals surface area contributed by atoms with Crippen LogP contribution >= 0.6 is 0 Å². The quantitative estimate of drug-likeness (QED) is 0.0340. The number of aliphatic hydroxyl groups excluding tert-OH is 3. The summed E-state index contributed by atoms with van der Waals surface area (Å²) in [4.78, 5) is 152. The van der Waals surface area contributed by atoms with E-state index in [4.69, 9.17) is 28.7 Å². The van der Waals surface area contributed by atoms with E-state index < -0.39 is 157 Å². The molecule has 0 aromatic heterocycles. The van der Waals surface area contributed by atoms with Crippen molar-refractivity contribution in [2.24, 2.45) is 40.5 Å². The number of nitrogens with two attached hydrogens (primary N) is 5. The van der Waals surface area contributed by atoms with Gasteiger partial charge in [0.15, 0.2) is 0 Å². The van der Waals surface area contributed by atoms with Gasteiger partial charge in [-0.1, -0.05) is 40.5 Å². The molecule has 0 aromatic rings. The van der Waals surface area contributed by atoms with Gasteiger partial charge in [0.25, 0.3) is 0 Å². The average molecular weight is 1140 g/mol. The molecule has 30 nitrogen and oxygen atoms in total. The molecule has 11 amide bonds. The van der Waals surface area contributed by atoms with Crippen molar-refractivity contribution in [1.29, 1.82) is 0 Å². The van der Waals surface area contributed by atoms with Crippen molar-refractivity contribution >= 4 is 65.0 Å². The van der Waals surface area contributed by atoms with Crippen molar-refractivity contribution in [1.82, 2.24) is 58.5 Å². The predicted octanol–water partition coefficient (Wildman–Crippen LogP) is -7.50. The van der Waals surface area contributed by atoms with E-state index in [2.05, 4.69) is 72.3 Å². The number of unbranched alkanes of at least 4 members (excludes halogenated alkanes) is 1. The van der Waals surface area contributed by atoms with Crippen molar-refractivity contribution in [3.05, 3.63) is 0 Å². The Hall–Kier alpha value is -6.15. The number of carbonyl (C=O) groups is 11. The molecule has 458 valence electrons. The zero-order valence-electron chi connectivity index (χ0n) is 47.4. The standard InChI is InChI=1S/C50H94N16O14/c1-25(2)10-8-9-11-37(70)57-30(12-18-51)45(75)65-39(28(6)68)49(79)62-33(15-21-54)42(72)60-35-17-23-56-48(78)38(27(5)67)64-46(76)34(16-22-55)59-41(71)32(14-20-53)61-50(80)40(29(7)69)66-47(77)36(24-26(3)4)63-43(73)31(13-19-52)58-44(35)74/h25-36,38-40,67-69H,8-24,51-55H2,1-7H3,(H,56,78)(H,57,70)(H,58,74)(H,59,71)(H,60,72)(H,61,80)(H,62,79)(H,63,73)(H,64,76)(H,65,75)(H,66,77)/t27-,28-,29-,30+,31+,32+,33?,34+,35+,36-,38+,39+,40+/m1/s1. The van der Waals surface area contributed by atoms with E-state index in [1.54, 1.807) is 13.8 Å². The Labute approximate surface area is 468 Å². The van der Waals surface area contributed by atoms with Gasteiger partial charge in [0.2, 0.25) is 65.0 Å². The maximum absolute atomic E-state index is 14.4. The Morgan fingerprint density at radius 1 is 0.500 bits per heavy atom. The molecule has 24 N–H and O–H groups in total. The second kappa shape index (κ2) is 37.7. The van der Waals surface area contributed by atoms with Crippen molar-refractivity contribution in [2.75, 3.05) is 39.3 Å². The van der Waals surface area contributed by atoms with Crippen LogP contribution in [0.5, 0.6) is 0 Å². The minimum atomic E-state index is -1.73. The Kier molecular flexibility index (Phi) is 33.9. The smallest absolute Gasteiger partial charge is 0.245 e. The fraction of sp³-hybridized carbons (Fsp3) is 0.780. The number of amides is 11. The lowest BCUT2D eigenvalue weighted by Gasteiger charge is -2.29. The SMILES string of the molecule is CC(C)CCCCC(=O)N[C@@H](CCN)C(=O)N[C@H](C(=O)NC(CCN)C(=O)N[C@H]1CCNC(=O)[C@H]([C@@H](C)O)NC(=O)[C@H](CCN)NC(=O)[C@H](CCN)NC(=O)[C@H]([C@@H](C)O)NC(=O)[C@@H](CC(C)C)NC(=O)[C@H](CCN)NC1=O)[C@@H](C)O. The van der Waals surface area contributed by atoms with Gasteiger partial charge in [-0.3, -0.25) is 52.7 Å². The molecule has 1 unspecified atom stereocenters. The normalized spacial score (nSPS) is 23.7. The zero-order valence-corrected chi connectivity index (χ0v) is 47.4. The van der Waals surface area contributed by atoms with Gasteiger partial charge in [-0.2, -0.15) is 0 Å². The molecule has 0 aliphatic carbocycles. The first kappa shape index (κ1) is 71.9. The van der Waals surface area contributed by atoms with E-state index in [9.17, 15) is 68.1 Å². The van der Waals surface area contributed by atoms with Crippen molar-refractivity contribution in [2.45, 2.75) is 198 Å². The van der Waals surface area contributed by atoms with E-state index >= 15 is 0 Å². The maximum atomic E-state index is 14.4. The summed E-state index contributed by atoms with van der Waals surface area (Å²) in [6.45, 7) is 9.83. The summed E-state index contributed by atoms with van der Waals surface area (Å²) in [5, 5.41) is 59.3. The van der Waals surface area contributed by atoms with Gasteiger partial charge in [0.05, 0.1) is 18.3 Å². The monoisotopic (exact) mass is 1140 g/mol. The Bertz CT molecular complexity index is 2030. The minimum Gasteiger partial charge on any atom is -0.391 e. The zero-order chi connectivity index (χ0) is 60.8. The number of aliphatic hydroxyl groups is 3. The van der Waals surface area contributed by atoms with Gasteiger partial charge in [-0.05, 0) is 117 Å². The first-order valence-electron chi connectivity index (χ1n) is 27.5. The maximum Gasteiger partial charge on any atom is 0.245 e. The van der Waals surface area contributed by atoms with Crippen LogP contribution < -0.4 is 87.2 Å². The van der Waals surface area contributed by atoms with Crippen molar-refractivity contribution < 1.29 is 68.1 Å². The molecule has 1 saturated heterocycles. The number of carbonyl (C=O) groups excluding carboxylic acids is 11. The number of hydrogen-bond donors (Lipinski definition) is 19. The van der Waals surface area contributed by atoms with Gasteiger partial charge in [0, 0.05) is 13.0 Å². The fourth-order valence-corrected chi connectivity index (χ4v) is 8.29. The van der Waals surface area contributed by atoms with Crippen LogP contribution in [0.4, 0.5) is 0 Å². The molecule has 1 aliphatic heterocycles. The Balaban J connectivity index is 3.81. The summed E-state index contributed by atoms with van der Waals surface area (Å²) in [6, 6.07) is -15.4. The van der Waals surface area contributed by atoms with Crippen LogP contribution in [0.2, 0.25) is 0 Å². The number of hydrogen-bond acceptors (Lipinski definition) is 19. The first-order chi connectivity index (χ1) is 37.6. The van der Waals surface area contributed by atoms with Gasteiger partial charge < -0.3 is 102 Å². The number of rotatable bonds is 27. The lowest BCUT2D eigenvalue weighted by molar-refractivity contribution is -0.137. The summed E-state index contributed by atoms with van der Waals surface area (Å²) in [5.41, 5.74) is 29.0. The molecule has 1 rings (SSSR count). The van der Waals surface area contributed by atoms with Crippen LogP contribution in [0.25, 0.3) is 0 Å². The molecule has 1 fully saturated rings. The van der Waals surface area contributed by atoms with Crippen LogP contribution in [-0.2, 0) is 52.7 Å². The molecular formula is C50H94N16O14. The van der Waals surface area contributed by atoms with Crippen LogP contribution in [0.1, 0.15) is 119 Å². The topological polar surface area (TPSA) is 511 Å². The second-order valence-corrected chi connectivity index (χ2v) is 20.9. The Morgan fingerprint density at radius 3 is 1.41 bits per heavy atom. The fourth-order valence-electron chi connectivity index (χ4n) is 8.29. The molecule has 13 atom stereocenters. The third kappa shape index (κ3) is 26.0. The van der Waals surface area contributed by atoms with E-state index in [1.807, 2.05) is 0 Å². The number of nitrogens with one attached hydrogen (secondary N) is 11. The van der Waals surface area contributed by atoms with Crippen molar-refractivity contribution in [3.8, 4) is 0 Å². The molecule has 0 aromatic carbocycles. The second-order valence-electron chi connectivity index (χ2n) is 20.9. The largest absolute Gasteiger partial charge is 0.391 e. The van der Waals surface area contributed by atoms with Gasteiger partial charge in [-0.25, -0.2) is 0 Å². The predicted molar refractivity (Wildman–Crippen MR) is 293 cm³/mol. The van der Waals surface area contributed by atoms with E-state index in [0.29, 0.717) is 12.3 Å². The third-order valence-electron chi connectivity index (χ3n) is 12.8. The summed E-state index contributed by atoms with van der Waals surface area (Å²) < 4.78 is 0. The van der Waals surface area contributed by atoms with E-state index in [0.717, 1.165) is 12.8 Å². The summed E-state index contributed by atoms with van der Waals surface area (Å²) >= 11 is 0. The van der Waals surface area contributed by atoms with Gasteiger partial charge >= 0.3 is 0 Å². The molecule has 1 aliphatic rings.